The largest absolute Gasteiger partial charge is 0.472 e. The van der Waals surface area contributed by atoms with Crippen molar-refractivity contribution in [1.29, 1.82) is 0 Å². The summed E-state index contributed by atoms with van der Waals surface area (Å²) in [7, 11) is 0. The average molecular weight is 259 g/mol. The summed E-state index contributed by atoms with van der Waals surface area (Å²) in [6, 6.07) is 1.87. The zero-order valence-electron chi connectivity index (χ0n) is 10.2. The second kappa shape index (κ2) is 5.10. The third-order valence-electron chi connectivity index (χ3n) is 3.37. The maximum atomic E-state index is 12.1. The van der Waals surface area contributed by atoms with Crippen LogP contribution in [-0.2, 0) is 0 Å². The molecule has 0 spiro atoms. The Morgan fingerprint density at radius 1 is 1.59 bits per heavy atom. The van der Waals surface area contributed by atoms with Gasteiger partial charge in [-0.15, -0.1) is 12.4 Å². The predicted octanol–water partition coefficient (Wildman–Crippen LogP) is 1.90. The average Bonchev–Trinajstić information content (AvgIpc) is 2.74. The molecule has 4 nitrogen and oxygen atoms in total. The number of amides is 1. The van der Waals surface area contributed by atoms with Gasteiger partial charge < -0.3 is 15.1 Å². The Morgan fingerprint density at radius 3 is 2.82 bits per heavy atom. The van der Waals surface area contributed by atoms with E-state index in [0.29, 0.717) is 12.1 Å². The van der Waals surface area contributed by atoms with Gasteiger partial charge in [0.25, 0.3) is 5.91 Å². The van der Waals surface area contributed by atoms with Crippen LogP contribution >= 0.6 is 12.4 Å². The first kappa shape index (κ1) is 14.1. The van der Waals surface area contributed by atoms with Gasteiger partial charge in [0, 0.05) is 19.1 Å². The molecule has 0 aliphatic carbocycles. The topological polar surface area (TPSA) is 59.5 Å². The summed E-state index contributed by atoms with van der Waals surface area (Å²) in [5.41, 5.74) is 6.64. The van der Waals surface area contributed by atoms with Gasteiger partial charge in [0.1, 0.15) is 6.26 Å². The summed E-state index contributed by atoms with van der Waals surface area (Å²) in [6.07, 6.45) is 3.87. The Balaban J connectivity index is 0.00000144. The van der Waals surface area contributed by atoms with Crippen molar-refractivity contribution in [1.82, 2.24) is 4.90 Å². The fourth-order valence-corrected chi connectivity index (χ4v) is 2.12. The summed E-state index contributed by atoms with van der Waals surface area (Å²) in [5, 5.41) is 0. The van der Waals surface area contributed by atoms with Crippen molar-refractivity contribution in [2.75, 3.05) is 13.1 Å². The molecule has 2 rings (SSSR count). The molecule has 5 heteroatoms. The lowest BCUT2D eigenvalue weighted by Crippen LogP contribution is -2.53. The van der Waals surface area contributed by atoms with Crippen LogP contribution in [0, 0.1) is 5.41 Å². The molecule has 1 amide bonds. The van der Waals surface area contributed by atoms with Crippen LogP contribution < -0.4 is 5.73 Å². The lowest BCUT2D eigenvalue weighted by molar-refractivity contribution is 0.0532. The summed E-state index contributed by atoms with van der Waals surface area (Å²) in [5.74, 6) is 0.0359. The predicted molar refractivity (Wildman–Crippen MR) is 68.2 cm³/mol. The molecule has 0 aromatic carbocycles. The lowest BCUT2D eigenvalue weighted by Gasteiger charge is -2.42. The molecule has 1 aliphatic rings. The number of furan rings is 1. The first-order valence-corrected chi connectivity index (χ1v) is 5.58. The summed E-state index contributed by atoms with van der Waals surface area (Å²) in [6.45, 7) is 5.64. The van der Waals surface area contributed by atoms with Crippen LogP contribution in [0.5, 0.6) is 0 Å². The van der Waals surface area contributed by atoms with Gasteiger partial charge in [-0.3, -0.25) is 4.79 Å². The van der Waals surface area contributed by atoms with E-state index in [9.17, 15) is 4.79 Å². The molecule has 0 bridgehead atoms. The van der Waals surface area contributed by atoms with E-state index in [2.05, 4.69) is 13.8 Å². The number of nitrogens with zero attached hydrogens (tertiary/aromatic N) is 1. The third kappa shape index (κ3) is 2.82. The SMILES string of the molecule is CC1(C)CN(C(=O)c2ccoc2)CCC1N.Cl. The molecule has 1 aromatic rings. The minimum absolute atomic E-state index is 0. The monoisotopic (exact) mass is 258 g/mol. The number of halogens is 1. The Bertz CT molecular complexity index is 376. The van der Waals surface area contributed by atoms with Gasteiger partial charge in [-0.2, -0.15) is 0 Å². The Hall–Kier alpha value is -1.00. The molecule has 2 N–H and O–H groups in total. The Morgan fingerprint density at radius 2 is 2.29 bits per heavy atom. The second-order valence-electron chi connectivity index (χ2n) is 5.12. The zero-order chi connectivity index (χ0) is 11.8. The molecular formula is C12H19ClN2O2. The number of nitrogens with two attached hydrogens (primary N) is 1. The van der Waals surface area contributed by atoms with Gasteiger partial charge in [-0.05, 0) is 17.9 Å². The van der Waals surface area contributed by atoms with E-state index in [-0.39, 0.29) is 29.8 Å². The Kier molecular flexibility index (Phi) is 4.22. The van der Waals surface area contributed by atoms with Gasteiger partial charge in [-0.1, -0.05) is 13.8 Å². The van der Waals surface area contributed by atoms with Crippen LogP contribution in [0.4, 0.5) is 0 Å². The molecule has 2 heterocycles. The minimum atomic E-state index is -0.0162. The second-order valence-corrected chi connectivity index (χ2v) is 5.12. The number of likely N-dealkylation sites (tertiary alicyclic amines) is 1. The van der Waals surface area contributed by atoms with Gasteiger partial charge >= 0.3 is 0 Å². The normalized spacial score (nSPS) is 23.0. The van der Waals surface area contributed by atoms with E-state index >= 15 is 0 Å². The smallest absolute Gasteiger partial charge is 0.257 e. The molecule has 1 fully saturated rings. The fraction of sp³-hybridized carbons (Fsp3) is 0.583. The third-order valence-corrected chi connectivity index (χ3v) is 3.37. The highest BCUT2D eigenvalue weighted by Gasteiger charge is 2.35. The lowest BCUT2D eigenvalue weighted by atomic mass is 9.79. The van der Waals surface area contributed by atoms with E-state index in [1.54, 1.807) is 6.07 Å². The van der Waals surface area contributed by atoms with Gasteiger partial charge in [0.15, 0.2) is 0 Å². The van der Waals surface area contributed by atoms with E-state index in [0.717, 1.165) is 13.0 Å². The minimum Gasteiger partial charge on any atom is -0.472 e. The molecule has 17 heavy (non-hydrogen) atoms. The quantitative estimate of drug-likeness (QED) is 0.837. The molecule has 96 valence electrons. The van der Waals surface area contributed by atoms with E-state index in [4.69, 9.17) is 10.2 Å². The summed E-state index contributed by atoms with van der Waals surface area (Å²) >= 11 is 0. The van der Waals surface area contributed by atoms with Crippen molar-refractivity contribution in [2.45, 2.75) is 26.3 Å². The highest BCUT2D eigenvalue weighted by Crippen LogP contribution is 2.28. The number of piperidine rings is 1. The van der Waals surface area contributed by atoms with Crippen molar-refractivity contribution in [3.8, 4) is 0 Å². The maximum absolute atomic E-state index is 12.1. The molecule has 1 aliphatic heterocycles. The maximum Gasteiger partial charge on any atom is 0.257 e. The zero-order valence-corrected chi connectivity index (χ0v) is 11.0. The van der Waals surface area contributed by atoms with Crippen LogP contribution in [0.1, 0.15) is 30.6 Å². The molecular weight excluding hydrogens is 240 g/mol. The number of hydrogen-bond acceptors (Lipinski definition) is 3. The first-order chi connectivity index (χ1) is 7.50. The van der Waals surface area contributed by atoms with Crippen LogP contribution in [0.2, 0.25) is 0 Å². The molecule has 0 radical (unpaired) electrons. The summed E-state index contributed by atoms with van der Waals surface area (Å²) < 4.78 is 4.93. The molecule has 1 saturated heterocycles. The molecule has 1 atom stereocenters. The molecule has 0 saturated carbocycles. The van der Waals surface area contributed by atoms with Crippen molar-refractivity contribution >= 4 is 18.3 Å². The van der Waals surface area contributed by atoms with Crippen LogP contribution in [0.25, 0.3) is 0 Å². The molecule has 1 unspecified atom stereocenters. The van der Waals surface area contributed by atoms with Crippen LogP contribution in [0.3, 0.4) is 0 Å². The highest BCUT2D eigenvalue weighted by atomic mass is 35.5. The van der Waals surface area contributed by atoms with Crippen molar-refractivity contribution in [3.63, 3.8) is 0 Å². The standard InChI is InChI=1S/C12H18N2O2.ClH/c1-12(2)8-14(5-3-10(12)13)11(15)9-4-6-16-7-9;/h4,6-7,10H,3,5,8,13H2,1-2H3;1H. The van der Waals surface area contributed by atoms with Gasteiger partial charge in [0.2, 0.25) is 0 Å². The van der Waals surface area contributed by atoms with E-state index < -0.39 is 0 Å². The van der Waals surface area contributed by atoms with Crippen molar-refractivity contribution in [3.05, 3.63) is 24.2 Å². The first-order valence-electron chi connectivity index (χ1n) is 5.58. The van der Waals surface area contributed by atoms with Gasteiger partial charge in [-0.25, -0.2) is 0 Å². The number of hydrogen-bond donors (Lipinski definition) is 1. The molecule has 1 aromatic heterocycles. The van der Waals surface area contributed by atoms with Crippen LogP contribution in [-0.4, -0.2) is 29.9 Å². The number of carbonyl (C=O) groups excluding carboxylic acids is 1. The number of carbonyl (C=O) groups is 1. The summed E-state index contributed by atoms with van der Waals surface area (Å²) in [4.78, 5) is 13.9. The highest BCUT2D eigenvalue weighted by molar-refractivity contribution is 5.93. The van der Waals surface area contributed by atoms with Crippen molar-refractivity contribution < 1.29 is 9.21 Å². The fourth-order valence-electron chi connectivity index (χ4n) is 2.12. The van der Waals surface area contributed by atoms with E-state index in [1.807, 2.05) is 4.90 Å². The van der Waals surface area contributed by atoms with Gasteiger partial charge in [0.05, 0.1) is 11.8 Å². The van der Waals surface area contributed by atoms with Crippen LogP contribution in [0.15, 0.2) is 23.0 Å². The van der Waals surface area contributed by atoms with E-state index in [1.165, 1.54) is 12.5 Å². The number of rotatable bonds is 1. The van der Waals surface area contributed by atoms with Crippen molar-refractivity contribution in [2.24, 2.45) is 11.1 Å². The Labute approximate surface area is 108 Å².